The van der Waals surface area contributed by atoms with Gasteiger partial charge in [0.2, 0.25) is 0 Å². The normalized spacial score (nSPS) is 55.5. The third-order valence-corrected chi connectivity index (χ3v) is 25.9. The molecule has 0 N–H and O–H groups in total. The number of fused-ring (bicyclic) bond motifs is 3. The minimum Gasteiger partial charge on any atom is -0.373 e. The van der Waals surface area contributed by atoms with Crippen LogP contribution in [0.4, 0.5) is 11.4 Å². The van der Waals surface area contributed by atoms with Crippen molar-refractivity contribution in [1.29, 1.82) is 0 Å². The molecule has 6 saturated heterocycles. The van der Waals surface area contributed by atoms with E-state index < -0.39 is 0 Å². The van der Waals surface area contributed by atoms with Gasteiger partial charge in [0.25, 0.3) is 0 Å². The lowest BCUT2D eigenvalue weighted by molar-refractivity contribution is -0.160. The van der Waals surface area contributed by atoms with E-state index in [1.807, 2.05) is 0 Å². The summed E-state index contributed by atoms with van der Waals surface area (Å²) in [6.45, 7) is 0. The van der Waals surface area contributed by atoms with Crippen LogP contribution in [0.1, 0.15) is 89.9 Å². The zero-order valence-corrected chi connectivity index (χ0v) is 33.4. The van der Waals surface area contributed by atoms with Crippen LogP contribution >= 0.6 is 15.8 Å². The molecule has 6 aliphatic carbocycles. The van der Waals surface area contributed by atoms with Crippen molar-refractivity contribution < 1.29 is 18.9 Å². The lowest BCUT2D eigenvalue weighted by atomic mass is 9.61. The quantitative estimate of drug-likeness (QED) is 0.286. The van der Waals surface area contributed by atoms with E-state index in [9.17, 15) is 0 Å². The molecule has 12 aliphatic rings. The lowest BCUT2D eigenvalue weighted by Crippen LogP contribution is -2.80. The highest BCUT2D eigenvalue weighted by molar-refractivity contribution is 7.61. The summed E-state index contributed by atoms with van der Waals surface area (Å²) < 4.78 is 30.0. The van der Waals surface area contributed by atoms with Crippen LogP contribution in [-0.4, -0.2) is 107 Å². The molecule has 22 atom stereocenters. The summed E-state index contributed by atoms with van der Waals surface area (Å²) in [6, 6.07) is 25.9. The minimum absolute atomic E-state index is 0.205. The van der Waals surface area contributed by atoms with E-state index in [1.54, 1.807) is 0 Å². The van der Waals surface area contributed by atoms with E-state index in [0.717, 1.165) is 0 Å². The van der Waals surface area contributed by atoms with Crippen molar-refractivity contribution in [3.8, 4) is 0 Å². The first-order valence-corrected chi connectivity index (χ1v) is 25.7. The minimum atomic E-state index is -0.205. The Bertz CT molecular complexity index is 1640. The summed E-state index contributed by atoms with van der Waals surface area (Å²) in [5, 5.41) is 0. The maximum atomic E-state index is 7.72. The highest BCUT2D eigenvalue weighted by Crippen LogP contribution is 2.77. The fourth-order valence-corrected chi connectivity index (χ4v) is 26.6. The molecule has 0 bridgehead atoms. The molecule has 0 spiro atoms. The Morgan fingerprint density at radius 3 is 1.15 bits per heavy atom. The third kappa shape index (κ3) is 4.31. The Kier molecular flexibility index (Phi) is 7.35. The molecule has 22 unspecified atom stereocenters. The van der Waals surface area contributed by atoms with Gasteiger partial charge in [-0.3, -0.25) is 0 Å². The number of nitrogens with zero attached hydrogens (tertiary/aromatic N) is 2. The summed E-state index contributed by atoms with van der Waals surface area (Å²) in [5.74, 6) is 1.25. The molecule has 14 rings (SSSR count). The van der Waals surface area contributed by atoms with Crippen molar-refractivity contribution >= 4 is 27.2 Å². The monoisotopic (exact) mass is 764 g/mol. The van der Waals surface area contributed by atoms with Crippen LogP contribution in [0, 0.1) is 11.8 Å². The third-order valence-electron chi connectivity index (χ3n) is 17.8. The van der Waals surface area contributed by atoms with Gasteiger partial charge in [-0.15, -0.1) is 0 Å². The number of hydrogen-bond acceptors (Lipinski definition) is 6. The van der Waals surface area contributed by atoms with E-state index in [-0.39, 0.29) is 15.8 Å². The number of para-hydroxylation sites is 2. The zero-order chi connectivity index (χ0) is 34.8. The van der Waals surface area contributed by atoms with Gasteiger partial charge in [0, 0.05) is 69.5 Å². The second kappa shape index (κ2) is 12.1. The van der Waals surface area contributed by atoms with Gasteiger partial charge in [-0.25, -0.2) is 0 Å². The zero-order valence-electron chi connectivity index (χ0n) is 31.6. The molecule has 6 heterocycles. The number of anilines is 2. The van der Waals surface area contributed by atoms with Crippen molar-refractivity contribution in [3.05, 3.63) is 60.7 Å². The highest BCUT2D eigenvalue weighted by atomic mass is 31.1. The molecule has 0 amide bonds. The van der Waals surface area contributed by atoms with E-state index >= 15 is 0 Å². The first-order chi connectivity index (χ1) is 26.8. The van der Waals surface area contributed by atoms with E-state index in [4.69, 9.17) is 18.9 Å². The molecule has 6 saturated carbocycles. The van der Waals surface area contributed by atoms with Gasteiger partial charge < -0.3 is 28.7 Å². The summed E-state index contributed by atoms with van der Waals surface area (Å²) in [5.41, 5.74) is 6.95. The maximum absolute atomic E-state index is 7.72. The number of rotatable bonds is 2. The van der Waals surface area contributed by atoms with Crippen molar-refractivity contribution in [2.75, 3.05) is 9.80 Å². The van der Waals surface area contributed by atoms with Crippen molar-refractivity contribution in [2.24, 2.45) is 11.8 Å². The van der Waals surface area contributed by atoms with Crippen LogP contribution in [0.3, 0.4) is 0 Å². The molecule has 6 nitrogen and oxygen atoms in total. The molecule has 54 heavy (non-hydrogen) atoms. The maximum Gasteiger partial charge on any atom is 0.0671 e. The highest BCUT2D eigenvalue weighted by Gasteiger charge is 2.73. The van der Waals surface area contributed by atoms with Crippen LogP contribution in [0.2, 0.25) is 0 Å². The number of ether oxygens (including phenoxy) is 4. The SMILES string of the molecule is c1ccc(N2C3CCCC4OC5CCCC6OC7CC8C(CC9OC%10CCCC%11OC%12CCCC%13C%12P(C%11%10)C9C8N%13c8ccccc8)C2C7P(C56)C43)cc1. The Morgan fingerprint density at radius 1 is 0.389 bits per heavy atom. The number of benzene rings is 2. The van der Waals surface area contributed by atoms with Gasteiger partial charge in [-0.2, -0.15) is 0 Å². The molecule has 8 heteroatoms. The molecule has 2 aromatic carbocycles. The molecule has 286 valence electrons. The van der Waals surface area contributed by atoms with Gasteiger partial charge in [0.05, 0.1) is 48.8 Å². The van der Waals surface area contributed by atoms with Gasteiger partial charge in [-0.1, -0.05) is 52.2 Å². The molecular weight excluding hydrogens is 706 g/mol. The van der Waals surface area contributed by atoms with E-state index in [1.165, 1.54) is 101 Å². The van der Waals surface area contributed by atoms with Crippen LogP contribution in [0.25, 0.3) is 0 Å². The topological polar surface area (TPSA) is 43.4 Å². The first-order valence-electron chi connectivity index (χ1n) is 22.6. The Balaban J connectivity index is 0.967. The van der Waals surface area contributed by atoms with Gasteiger partial charge in [0.1, 0.15) is 0 Å². The standard InChI is InChI=1S/C46H58N2O4P2/c1-3-11-25(12-4-1)47-29-15-7-17-31-41(29)53-43-33(49-31)19-9-21-35(43)51-37-24-28-27(39(47)45(37)53)23-38-46-40(28)48(26-13-5-2-6-14-26)30-16-8-18-32-42(30)54(46)44-34(50-32)20-10-22-36(44)52-38/h1-6,11-14,27-46H,7-10,15-24H2. The molecule has 0 radical (unpaired) electrons. The summed E-state index contributed by atoms with van der Waals surface area (Å²) in [4.78, 5) is 6.19. The van der Waals surface area contributed by atoms with Gasteiger partial charge in [0.15, 0.2) is 0 Å². The van der Waals surface area contributed by atoms with Crippen LogP contribution < -0.4 is 9.80 Å². The Labute approximate surface area is 324 Å². The predicted molar refractivity (Wildman–Crippen MR) is 216 cm³/mol. The average Bonchev–Trinajstić information content (AvgIpc) is 3.22. The van der Waals surface area contributed by atoms with Crippen LogP contribution in [-0.2, 0) is 18.9 Å². The largest absolute Gasteiger partial charge is 0.373 e. The van der Waals surface area contributed by atoms with Crippen LogP contribution in [0.5, 0.6) is 0 Å². The second-order valence-corrected chi connectivity index (χ2v) is 25.2. The fourth-order valence-electron chi connectivity index (χ4n) is 16.6. The van der Waals surface area contributed by atoms with E-state index in [0.29, 0.717) is 119 Å². The smallest absolute Gasteiger partial charge is 0.0671 e. The molecule has 2 aromatic rings. The Morgan fingerprint density at radius 2 is 0.741 bits per heavy atom. The fraction of sp³-hybridized carbons (Fsp3) is 0.739. The van der Waals surface area contributed by atoms with E-state index in [2.05, 4.69) is 70.5 Å². The Hall–Kier alpha value is -1.26. The van der Waals surface area contributed by atoms with Crippen LogP contribution in [0.15, 0.2) is 60.7 Å². The first kappa shape index (κ1) is 32.7. The predicted octanol–water partition coefficient (Wildman–Crippen LogP) is 8.52. The van der Waals surface area contributed by atoms with Crippen molar-refractivity contribution in [2.45, 2.75) is 197 Å². The van der Waals surface area contributed by atoms with Gasteiger partial charge >= 0.3 is 0 Å². The molecule has 0 aromatic heterocycles. The lowest BCUT2D eigenvalue weighted by Gasteiger charge is -2.75. The summed E-state index contributed by atoms with van der Waals surface area (Å²) in [7, 11) is -0.409. The average molecular weight is 765 g/mol. The van der Waals surface area contributed by atoms with Crippen molar-refractivity contribution in [3.63, 3.8) is 0 Å². The molecular formula is C46H58N2O4P2. The number of hydrogen-bond donors (Lipinski definition) is 0. The molecule has 12 fully saturated rings. The molecule has 6 aliphatic heterocycles. The second-order valence-electron chi connectivity index (χ2n) is 19.8. The summed E-state index contributed by atoms with van der Waals surface area (Å²) >= 11 is 0. The van der Waals surface area contributed by atoms with Crippen molar-refractivity contribution in [1.82, 2.24) is 0 Å². The summed E-state index contributed by atoms with van der Waals surface area (Å²) in [6.07, 6.45) is 21.3. The van der Waals surface area contributed by atoms with Gasteiger partial charge in [-0.05, 0) is 126 Å².